The first-order valence-corrected chi connectivity index (χ1v) is 9.75. The minimum atomic E-state index is -0.784. The van der Waals surface area contributed by atoms with Gasteiger partial charge in [0.1, 0.15) is 18.0 Å². The lowest BCUT2D eigenvalue weighted by Crippen LogP contribution is -2.43. The Bertz CT molecular complexity index is 1040. The zero-order valence-corrected chi connectivity index (χ0v) is 16.3. The first-order chi connectivity index (χ1) is 14.5. The summed E-state index contributed by atoms with van der Waals surface area (Å²) in [5, 5.41) is 6.15. The summed E-state index contributed by atoms with van der Waals surface area (Å²) in [6.45, 7) is 0. The van der Waals surface area contributed by atoms with Crippen LogP contribution < -0.4 is 22.1 Å². The van der Waals surface area contributed by atoms with E-state index in [2.05, 4.69) is 25.6 Å². The molecule has 0 saturated heterocycles. The van der Waals surface area contributed by atoms with Crippen molar-refractivity contribution in [3.8, 4) is 5.82 Å². The lowest BCUT2D eigenvalue weighted by atomic mass is 9.91. The van der Waals surface area contributed by atoms with E-state index in [4.69, 9.17) is 11.5 Å². The molecular weight excluding hydrogens is 387 g/mol. The summed E-state index contributed by atoms with van der Waals surface area (Å²) in [4.78, 5) is 24.5. The van der Waals surface area contributed by atoms with Crippen molar-refractivity contribution in [1.29, 1.82) is 0 Å². The summed E-state index contributed by atoms with van der Waals surface area (Å²) in [6, 6.07) is 4.39. The number of amides is 1. The number of aromatic nitrogens is 4. The van der Waals surface area contributed by atoms with E-state index in [-0.39, 0.29) is 29.3 Å². The fourth-order valence-corrected chi connectivity index (χ4v) is 3.56. The standard InChI is InChI=1S/C20H23FN8O/c21-14-10-13(18(23)30)19(28-20(14)27-16-4-2-1-3-15(16)22)26-12-5-6-25-17(9-12)29-8-7-24-11-29/h5-11,15-16H,1-4,22H2,(H2,23,30)(H2,25,26,27,28)/t15-,16+/m1/s1. The number of anilines is 3. The van der Waals surface area contributed by atoms with Gasteiger partial charge in [-0.25, -0.2) is 19.3 Å². The van der Waals surface area contributed by atoms with Crippen LogP contribution in [0.2, 0.25) is 0 Å². The van der Waals surface area contributed by atoms with Crippen LogP contribution >= 0.6 is 0 Å². The Kier molecular flexibility index (Phi) is 5.57. The highest BCUT2D eigenvalue weighted by molar-refractivity contribution is 5.98. The molecule has 3 aromatic heterocycles. The quantitative estimate of drug-likeness (QED) is 0.489. The molecule has 1 saturated carbocycles. The molecule has 0 spiro atoms. The molecule has 10 heteroatoms. The molecule has 30 heavy (non-hydrogen) atoms. The number of halogens is 1. The molecule has 3 aromatic rings. The third kappa shape index (κ3) is 4.23. The third-order valence-corrected chi connectivity index (χ3v) is 5.16. The lowest BCUT2D eigenvalue weighted by Gasteiger charge is -2.30. The van der Waals surface area contributed by atoms with Gasteiger partial charge in [0.2, 0.25) is 0 Å². The highest BCUT2D eigenvalue weighted by Gasteiger charge is 2.24. The highest BCUT2D eigenvalue weighted by Crippen LogP contribution is 2.27. The third-order valence-electron chi connectivity index (χ3n) is 5.16. The van der Waals surface area contributed by atoms with Crippen LogP contribution in [0.4, 0.5) is 21.7 Å². The van der Waals surface area contributed by atoms with E-state index in [1.807, 2.05) is 0 Å². The number of rotatable bonds is 6. The zero-order chi connectivity index (χ0) is 21.1. The average Bonchev–Trinajstić information content (AvgIpc) is 3.27. The van der Waals surface area contributed by atoms with Crippen molar-refractivity contribution in [3.05, 3.63) is 54.5 Å². The average molecular weight is 410 g/mol. The van der Waals surface area contributed by atoms with E-state index in [1.165, 1.54) is 0 Å². The molecule has 1 fully saturated rings. The van der Waals surface area contributed by atoms with Crippen LogP contribution in [0.15, 0.2) is 43.1 Å². The summed E-state index contributed by atoms with van der Waals surface area (Å²) in [5.41, 5.74) is 12.2. The van der Waals surface area contributed by atoms with E-state index < -0.39 is 11.7 Å². The smallest absolute Gasteiger partial charge is 0.252 e. The van der Waals surface area contributed by atoms with E-state index in [1.54, 1.807) is 41.6 Å². The van der Waals surface area contributed by atoms with Crippen molar-refractivity contribution in [2.24, 2.45) is 11.5 Å². The van der Waals surface area contributed by atoms with E-state index in [9.17, 15) is 9.18 Å². The maximum atomic E-state index is 14.6. The number of nitrogens with one attached hydrogen (secondary N) is 2. The second-order valence-electron chi connectivity index (χ2n) is 7.28. The van der Waals surface area contributed by atoms with Crippen LogP contribution in [-0.2, 0) is 0 Å². The Balaban J connectivity index is 1.64. The number of pyridine rings is 2. The van der Waals surface area contributed by atoms with Crippen molar-refractivity contribution < 1.29 is 9.18 Å². The lowest BCUT2D eigenvalue weighted by molar-refractivity contribution is 0.100. The Hall–Kier alpha value is -3.53. The molecule has 2 atom stereocenters. The molecule has 1 aliphatic carbocycles. The van der Waals surface area contributed by atoms with E-state index in [0.717, 1.165) is 31.7 Å². The number of hydrogen-bond donors (Lipinski definition) is 4. The largest absolute Gasteiger partial charge is 0.365 e. The minimum absolute atomic E-state index is 0.0359. The number of carbonyl (C=O) groups excluding carboxylic acids is 1. The van der Waals surface area contributed by atoms with Gasteiger partial charge >= 0.3 is 0 Å². The fourth-order valence-electron chi connectivity index (χ4n) is 3.56. The summed E-state index contributed by atoms with van der Waals surface area (Å²) in [7, 11) is 0. The van der Waals surface area contributed by atoms with Gasteiger partial charge in [-0.3, -0.25) is 9.36 Å². The van der Waals surface area contributed by atoms with Gasteiger partial charge in [0.15, 0.2) is 11.6 Å². The molecule has 0 aliphatic heterocycles. The van der Waals surface area contributed by atoms with Gasteiger partial charge in [0.05, 0.1) is 5.56 Å². The second-order valence-corrected chi connectivity index (χ2v) is 7.28. The van der Waals surface area contributed by atoms with Crippen LogP contribution in [-0.4, -0.2) is 37.5 Å². The first kappa shape index (κ1) is 19.8. The summed E-state index contributed by atoms with van der Waals surface area (Å²) >= 11 is 0. The van der Waals surface area contributed by atoms with Crippen molar-refractivity contribution >= 4 is 23.2 Å². The summed E-state index contributed by atoms with van der Waals surface area (Å²) < 4.78 is 16.4. The Morgan fingerprint density at radius 3 is 2.77 bits per heavy atom. The predicted molar refractivity (Wildman–Crippen MR) is 111 cm³/mol. The number of nitrogens with zero attached hydrogens (tertiary/aromatic N) is 4. The highest BCUT2D eigenvalue weighted by atomic mass is 19.1. The topological polar surface area (TPSA) is 137 Å². The van der Waals surface area contributed by atoms with Crippen molar-refractivity contribution in [3.63, 3.8) is 0 Å². The van der Waals surface area contributed by atoms with Gasteiger partial charge in [0.25, 0.3) is 5.91 Å². The number of nitrogens with two attached hydrogens (primary N) is 2. The maximum Gasteiger partial charge on any atom is 0.252 e. The van der Waals surface area contributed by atoms with E-state index >= 15 is 0 Å². The predicted octanol–water partition coefficient (Wildman–Crippen LogP) is 2.33. The Labute approximate surface area is 172 Å². The van der Waals surface area contributed by atoms with Crippen LogP contribution in [0.3, 0.4) is 0 Å². The summed E-state index contributed by atoms with van der Waals surface area (Å²) in [6.07, 6.45) is 10.4. The number of carbonyl (C=O) groups is 1. The van der Waals surface area contributed by atoms with Gasteiger partial charge in [-0.1, -0.05) is 12.8 Å². The Morgan fingerprint density at radius 2 is 2.03 bits per heavy atom. The second kappa shape index (κ2) is 8.46. The van der Waals surface area contributed by atoms with Crippen LogP contribution in [0.25, 0.3) is 5.82 Å². The van der Waals surface area contributed by atoms with Crippen LogP contribution in [0, 0.1) is 5.82 Å². The fraction of sp³-hybridized carbons (Fsp3) is 0.300. The van der Waals surface area contributed by atoms with Gasteiger partial charge in [-0.2, -0.15) is 0 Å². The molecule has 9 nitrogen and oxygen atoms in total. The minimum Gasteiger partial charge on any atom is -0.365 e. The van der Waals surface area contributed by atoms with Gasteiger partial charge in [-0.05, 0) is 25.0 Å². The van der Waals surface area contributed by atoms with Gasteiger partial charge in [0, 0.05) is 42.4 Å². The van der Waals surface area contributed by atoms with Crippen molar-refractivity contribution in [1.82, 2.24) is 19.5 Å². The van der Waals surface area contributed by atoms with Gasteiger partial charge < -0.3 is 22.1 Å². The Morgan fingerprint density at radius 1 is 1.20 bits per heavy atom. The molecular formula is C20H23FN8O. The molecule has 156 valence electrons. The first-order valence-electron chi connectivity index (χ1n) is 9.75. The monoisotopic (exact) mass is 410 g/mol. The molecule has 0 radical (unpaired) electrons. The summed E-state index contributed by atoms with van der Waals surface area (Å²) in [5.74, 6) is -0.631. The van der Waals surface area contributed by atoms with Crippen LogP contribution in [0.1, 0.15) is 36.0 Å². The normalized spacial score (nSPS) is 18.7. The van der Waals surface area contributed by atoms with Crippen molar-refractivity contribution in [2.45, 2.75) is 37.8 Å². The number of imidazole rings is 1. The molecule has 3 heterocycles. The molecule has 6 N–H and O–H groups in total. The van der Waals surface area contributed by atoms with Crippen LogP contribution in [0.5, 0.6) is 0 Å². The maximum absolute atomic E-state index is 14.6. The molecule has 0 bridgehead atoms. The molecule has 0 aromatic carbocycles. The molecule has 1 aliphatic rings. The molecule has 1 amide bonds. The number of hydrogen-bond acceptors (Lipinski definition) is 7. The molecule has 0 unspecified atom stereocenters. The zero-order valence-electron chi connectivity index (χ0n) is 16.3. The molecule has 4 rings (SSSR count). The van der Waals surface area contributed by atoms with Gasteiger partial charge in [-0.15, -0.1) is 0 Å². The SMILES string of the molecule is NC(=O)c1cc(F)c(N[C@H]2CCCC[C@H]2N)nc1Nc1ccnc(-n2ccnc2)c1. The van der Waals surface area contributed by atoms with Crippen molar-refractivity contribution in [2.75, 3.05) is 10.6 Å². The van der Waals surface area contributed by atoms with E-state index in [0.29, 0.717) is 11.5 Å². The number of primary amides is 1.